The third kappa shape index (κ3) is 3.19. The van der Waals surface area contributed by atoms with Crippen LogP contribution in [-0.4, -0.2) is 35.6 Å². The highest BCUT2D eigenvalue weighted by Gasteiger charge is 2.38. The van der Waals surface area contributed by atoms with Crippen LogP contribution in [0.25, 0.3) is 0 Å². The maximum Gasteiger partial charge on any atom is 0.329 e. The predicted octanol–water partition coefficient (Wildman–Crippen LogP) is 0.601. The summed E-state index contributed by atoms with van der Waals surface area (Å²) in [6.07, 6.45) is 1.17. The third-order valence-corrected chi connectivity index (χ3v) is 3.48. The predicted molar refractivity (Wildman–Crippen MR) is 64.6 cm³/mol. The lowest BCUT2D eigenvalue weighted by atomic mass is 9.92. The van der Waals surface area contributed by atoms with Gasteiger partial charge in [0.25, 0.3) is 0 Å². The molecule has 1 amide bonds. The normalized spacial score (nSPS) is 27.5. The summed E-state index contributed by atoms with van der Waals surface area (Å²) in [5.41, 5.74) is -1.14. The summed E-state index contributed by atoms with van der Waals surface area (Å²) >= 11 is 0. The topological polar surface area (TPSA) is 78.4 Å². The van der Waals surface area contributed by atoms with E-state index in [1.54, 1.807) is 6.92 Å². The quantitative estimate of drug-likeness (QED) is 0.659. The van der Waals surface area contributed by atoms with E-state index in [0.717, 1.165) is 13.0 Å². The molecule has 1 aliphatic rings. The lowest BCUT2D eigenvalue weighted by Gasteiger charge is -2.28. The van der Waals surface area contributed by atoms with Gasteiger partial charge in [-0.1, -0.05) is 20.3 Å². The highest BCUT2D eigenvalue weighted by molar-refractivity contribution is 5.88. The second kappa shape index (κ2) is 5.49. The lowest BCUT2D eigenvalue weighted by molar-refractivity contribution is -0.148. The van der Waals surface area contributed by atoms with Crippen molar-refractivity contribution in [1.29, 1.82) is 0 Å². The van der Waals surface area contributed by atoms with Crippen molar-refractivity contribution in [3.8, 4) is 0 Å². The molecule has 0 bridgehead atoms. The van der Waals surface area contributed by atoms with Gasteiger partial charge in [-0.25, -0.2) is 4.79 Å². The van der Waals surface area contributed by atoms with Gasteiger partial charge < -0.3 is 15.7 Å². The molecule has 0 aromatic heterocycles. The Balaban J connectivity index is 2.67. The van der Waals surface area contributed by atoms with Crippen LogP contribution in [0, 0.1) is 11.8 Å². The zero-order valence-corrected chi connectivity index (χ0v) is 10.7. The van der Waals surface area contributed by atoms with Crippen molar-refractivity contribution >= 4 is 11.9 Å². The first kappa shape index (κ1) is 14.0. The molecule has 0 aromatic carbocycles. The molecular formula is C12H22N2O3. The Bertz CT molecular complexity index is 306. The number of carbonyl (C=O) groups is 2. The molecule has 0 saturated carbocycles. The van der Waals surface area contributed by atoms with E-state index < -0.39 is 11.5 Å². The minimum atomic E-state index is -1.14. The van der Waals surface area contributed by atoms with E-state index >= 15 is 0 Å². The van der Waals surface area contributed by atoms with Gasteiger partial charge in [-0.05, 0) is 25.8 Å². The van der Waals surface area contributed by atoms with E-state index in [1.807, 2.05) is 13.8 Å². The third-order valence-electron chi connectivity index (χ3n) is 3.48. The molecule has 1 fully saturated rings. The van der Waals surface area contributed by atoms with Crippen LogP contribution < -0.4 is 10.6 Å². The summed E-state index contributed by atoms with van der Waals surface area (Å²) in [6.45, 7) is 6.93. The van der Waals surface area contributed by atoms with Crippen molar-refractivity contribution in [1.82, 2.24) is 10.6 Å². The van der Waals surface area contributed by atoms with Gasteiger partial charge in [0.05, 0.1) is 5.92 Å². The average molecular weight is 242 g/mol. The molecule has 1 rings (SSSR count). The van der Waals surface area contributed by atoms with Crippen LogP contribution in [0.5, 0.6) is 0 Å². The number of amides is 1. The summed E-state index contributed by atoms with van der Waals surface area (Å²) < 4.78 is 0. The molecule has 1 aliphatic heterocycles. The molecule has 5 heteroatoms. The summed E-state index contributed by atoms with van der Waals surface area (Å²) in [5, 5.41) is 15.0. The largest absolute Gasteiger partial charge is 0.480 e. The van der Waals surface area contributed by atoms with Gasteiger partial charge in [0, 0.05) is 6.54 Å². The first-order valence-corrected chi connectivity index (χ1v) is 6.17. The fourth-order valence-corrected chi connectivity index (χ4v) is 2.25. The average Bonchev–Trinajstić information content (AvgIpc) is 2.64. The molecule has 17 heavy (non-hydrogen) atoms. The van der Waals surface area contributed by atoms with Crippen LogP contribution >= 0.6 is 0 Å². The Morgan fingerprint density at radius 2 is 2.12 bits per heavy atom. The molecule has 0 aromatic rings. The molecule has 1 unspecified atom stereocenters. The molecule has 3 N–H and O–H groups in total. The van der Waals surface area contributed by atoms with E-state index in [4.69, 9.17) is 0 Å². The standard InChI is InChI=1S/C12H22N2O3/c1-4-5-12(3,11(16)17)14-10(15)9-7-13-6-8(9)2/h8-9,13H,4-7H2,1-3H3,(H,14,15)(H,16,17)/t8-,9-,12?/m1/s1. The molecule has 0 radical (unpaired) electrons. The van der Waals surface area contributed by atoms with Crippen LogP contribution in [0.2, 0.25) is 0 Å². The van der Waals surface area contributed by atoms with Crippen LogP contribution in [0.3, 0.4) is 0 Å². The van der Waals surface area contributed by atoms with Crippen molar-refractivity contribution < 1.29 is 14.7 Å². The molecule has 5 nitrogen and oxygen atoms in total. The minimum Gasteiger partial charge on any atom is -0.480 e. The SMILES string of the molecule is CCCC(C)(NC(=O)[C@@H]1CNC[C@H]1C)C(=O)O. The van der Waals surface area contributed by atoms with Crippen molar-refractivity contribution in [3.05, 3.63) is 0 Å². The van der Waals surface area contributed by atoms with E-state index in [-0.39, 0.29) is 17.7 Å². The Morgan fingerprint density at radius 3 is 2.53 bits per heavy atom. The number of hydrogen-bond acceptors (Lipinski definition) is 3. The number of carbonyl (C=O) groups excluding carboxylic acids is 1. The Kier molecular flexibility index (Phi) is 4.51. The van der Waals surface area contributed by atoms with Crippen LogP contribution in [0.1, 0.15) is 33.6 Å². The van der Waals surface area contributed by atoms with Gasteiger partial charge in [-0.2, -0.15) is 0 Å². The number of aliphatic carboxylic acids is 1. The van der Waals surface area contributed by atoms with Gasteiger partial charge >= 0.3 is 5.97 Å². The lowest BCUT2D eigenvalue weighted by Crippen LogP contribution is -2.54. The smallest absolute Gasteiger partial charge is 0.329 e. The number of hydrogen-bond donors (Lipinski definition) is 3. The van der Waals surface area contributed by atoms with Gasteiger partial charge in [-0.3, -0.25) is 4.79 Å². The number of nitrogens with one attached hydrogen (secondary N) is 2. The number of rotatable bonds is 5. The molecule has 3 atom stereocenters. The fraction of sp³-hybridized carbons (Fsp3) is 0.833. The van der Waals surface area contributed by atoms with E-state index in [2.05, 4.69) is 10.6 Å². The van der Waals surface area contributed by atoms with Gasteiger partial charge in [0.2, 0.25) is 5.91 Å². The molecule has 0 spiro atoms. The Hall–Kier alpha value is -1.10. The fourth-order valence-electron chi connectivity index (χ4n) is 2.25. The second-order valence-corrected chi connectivity index (χ2v) is 5.12. The van der Waals surface area contributed by atoms with Crippen LogP contribution in [0.15, 0.2) is 0 Å². The summed E-state index contributed by atoms with van der Waals surface area (Å²) in [7, 11) is 0. The molecular weight excluding hydrogens is 220 g/mol. The molecule has 98 valence electrons. The van der Waals surface area contributed by atoms with Crippen molar-refractivity contribution in [2.45, 2.75) is 39.2 Å². The zero-order valence-electron chi connectivity index (χ0n) is 10.7. The zero-order chi connectivity index (χ0) is 13.1. The van der Waals surface area contributed by atoms with Gasteiger partial charge in [0.15, 0.2) is 0 Å². The first-order valence-electron chi connectivity index (χ1n) is 6.17. The summed E-state index contributed by atoms with van der Waals surface area (Å²) in [5.74, 6) is -0.979. The molecule has 1 saturated heterocycles. The minimum absolute atomic E-state index is 0.120. The van der Waals surface area contributed by atoms with E-state index in [1.165, 1.54) is 0 Å². The summed E-state index contributed by atoms with van der Waals surface area (Å²) in [4.78, 5) is 23.2. The van der Waals surface area contributed by atoms with Gasteiger partial charge in [0.1, 0.15) is 5.54 Å². The van der Waals surface area contributed by atoms with E-state index in [0.29, 0.717) is 13.0 Å². The van der Waals surface area contributed by atoms with Crippen LogP contribution in [0.4, 0.5) is 0 Å². The van der Waals surface area contributed by atoms with Crippen molar-refractivity contribution in [3.63, 3.8) is 0 Å². The van der Waals surface area contributed by atoms with Crippen LogP contribution in [-0.2, 0) is 9.59 Å². The Labute approximate surface area is 102 Å². The number of carboxylic acids is 1. The highest BCUT2D eigenvalue weighted by atomic mass is 16.4. The van der Waals surface area contributed by atoms with Crippen molar-refractivity contribution in [2.24, 2.45) is 11.8 Å². The van der Waals surface area contributed by atoms with E-state index in [9.17, 15) is 14.7 Å². The highest BCUT2D eigenvalue weighted by Crippen LogP contribution is 2.19. The maximum atomic E-state index is 12.0. The monoisotopic (exact) mass is 242 g/mol. The first-order chi connectivity index (χ1) is 7.90. The second-order valence-electron chi connectivity index (χ2n) is 5.12. The molecule has 1 heterocycles. The maximum absolute atomic E-state index is 12.0. The van der Waals surface area contributed by atoms with Crippen molar-refractivity contribution in [2.75, 3.05) is 13.1 Å². The molecule has 0 aliphatic carbocycles. The summed E-state index contributed by atoms with van der Waals surface area (Å²) in [6, 6.07) is 0. The Morgan fingerprint density at radius 1 is 1.47 bits per heavy atom. The number of carboxylic acid groups (broad SMARTS) is 1. The van der Waals surface area contributed by atoms with Gasteiger partial charge in [-0.15, -0.1) is 0 Å².